The van der Waals surface area contributed by atoms with Gasteiger partial charge in [0.05, 0.1) is 19.9 Å². The minimum Gasteiger partial charge on any atom is -0.496 e. The molecule has 6 heteroatoms. The summed E-state index contributed by atoms with van der Waals surface area (Å²) in [6, 6.07) is 21.6. The molecular weight excluding hydrogens is 487 g/mol. The summed E-state index contributed by atoms with van der Waals surface area (Å²) in [7, 11) is 1.66. The zero-order chi connectivity index (χ0) is 19.8. The highest BCUT2D eigenvalue weighted by molar-refractivity contribution is 14.1. The maximum absolute atomic E-state index is 6.14. The first-order chi connectivity index (χ1) is 13.7. The van der Waals surface area contributed by atoms with Crippen LogP contribution < -0.4 is 14.9 Å². The number of hydrogen-bond donors (Lipinski definition) is 1. The van der Waals surface area contributed by atoms with Crippen molar-refractivity contribution in [3.8, 4) is 11.5 Å². The number of nitrogens with zero attached hydrogens (tertiary/aromatic N) is 1. The van der Waals surface area contributed by atoms with Crippen LogP contribution in [0, 0.1) is 3.57 Å². The van der Waals surface area contributed by atoms with E-state index in [1.807, 2.05) is 42.5 Å². The van der Waals surface area contributed by atoms with Gasteiger partial charge in [-0.2, -0.15) is 5.10 Å². The van der Waals surface area contributed by atoms with Crippen molar-refractivity contribution >= 4 is 40.4 Å². The molecule has 0 fully saturated rings. The average Bonchev–Trinajstić information content (AvgIpc) is 2.72. The quantitative estimate of drug-likeness (QED) is 0.244. The van der Waals surface area contributed by atoms with E-state index >= 15 is 0 Å². The molecule has 0 heterocycles. The van der Waals surface area contributed by atoms with Crippen molar-refractivity contribution in [1.82, 2.24) is 5.43 Å². The van der Waals surface area contributed by atoms with Gasteiger partial charge in [0.2, 0.25) is 0 Å². The standard InChI is InChI=1S/C22H20ClIN2O2/c1-27-21-5-3-2-4-17(21)13-25-26-14-18-12-19(23)8-11-22(18)28-15-16-6-9-20(24)10-7-16/h2-12,14,25H,13,15H2,1H3/b26-14-. The Morgan fingerprint density at radius 2 is 1.82 bits per heavy atom. The number of para-hydroxylation sites is 1. The van der Waals surface area contributed by atoms with Gasteiger partial charge < -0.3 is 14.9 Å². The molecule has 144 valence electrons. The van der Waals surface area contributed by atoms with Crippen LogP contribution in [0.25, 0.3) is 0 Å². The summed E-state index contributed by atoms with van der Waals surface area (Å²) >= 11 is 8.43. The van der Waals surface area contributed by atoms with E-state index in [-0.39, 0.29) is 0 Å². The molecule has 0 aliphatic carbocycles. The molecule has 28 heavy (non-hydrogen) atoms. The molecule has 0 spiro atoms. The number of halogens is 2. The third kappa shape index (κ3) is 5.87. The third-order valence-electron chi connectivity index (χ3n) is 4.04. The van der Waals surface area contributed by atoms with E-state index in [1.165, 1.54) is 3.57 Å². The van der Waals surface area contributed by atoms with E-state index in [2.05, 4.69) is 57.4 Å². The lowest BCUT2D eigenvalue weighted by molar-refractivity contribution is 0.306. The Balaban J connectivity index is 1.64. The van der Waals surface area contributed by atoms with E-state index in [9.17, 15) is 0 Å². The molecule has 0 saturated carbocycles. The fourth-order valence-corrected chi connectivity index (χ4v) is 3.13. The third-order valence-corrected chi connectivity index (χ3v) is 4.99. The molecule has 0 radical (unpaired) electrons. The van der Waals surface area contributed by atoms with Crippen LogP contribution in [-0.4, -0.2) is 13.3 Å². The fourth-order valence-electron chi connectivity index (χ4n) is 2.59. The highest BCUT2D eigenvalue weighted by Gasteiger charge is 2.04. The van der Waals surface area contributed by atoms with Gasteiger partial charge in [0.25, 0.3) is 0 Å². The van der Waals surface area contributed by atoms with Gasteiger partial charge in [-0.1, -0.05) is 41.9 Å². The summed E-state index contributed by atoms with van der Waals surface area (Å²) in [5, 5.41) is 4.94. The minimum absolute atomic E-state index is 0.480. The van der Waals surface area contributed by atoms with Crippen LogP contribution in [0.4, 0.5) is 0 Å². The minimum atomic E-state index is 0.480. The summed E-state index contributed by atoms with van der Waals surface area (Å²) in [5.74, 6) is 1.56. The largest absolute Gasteiger partial charge is 0.496 e. The molecule has 0 amide bonds. The van der Waals surface area contributed by atoms with Gasteiger partial charge in [-0.15, -0.1) is 0 Å². The summed E-state index contributed by atoms with van der Waals surface area (Å²) in [6.45, 7) is 1.04. The number of ether oxygens (including phenoxy) is 2. The van der Waals surface area contributed by atoms with Crippen LogP contribution >= 0.6 is 34.2 Å². The molecule has 0 unspecified atom stereocenters. The smallest absolute Gasteiger partial charge is 0.128 e. The number of hydrogen-bond acceptors (Lipinski definition) is 4. The molecule has 1 N–H and O–H groups in total. The lowest BCUT2D eigenvalue weighted by Gasteiger charge is -2.10. The maximum Gasteiger partial charge on any atom is 0.128 e. The van der Waals surface area contributed by atoms with Crippen LogP contribution in [0.5, 0.6) is 11.5 Å². The van der Waals surface area contributed by atoms with Crippen molar-refractivity contribution in [3.63, 3.8) is 0 Å². The number of methoxy groups -OCH3 is 1. The van der Waals surface area contributed by atoms with Crippen LogP contribution in [0.2, 0.25) is 5.02 Å². The van der Waals surface area contributed by atoms with Crippen LogP contribution in [0.3, 0.4) is 0 Å². The predicted molar refractivity (Wildman–Crippen MR) is 122 cm³/mol. The number of hydrazone groups is 1. The van der Waals surface area contributed by atoms with E-state index in [4.69, 9.17) is 21.1 Å². The van der Waals surface area contributed by atoms with Crippen molar-refractivity contribution in [2.45, 2.75) is 13.2 Å². The summed E-state index contributed by atoms with van der Waals surface area (Å²) in [5.41, 5.74) is 5.99. The van der Waals surface area contributed by atoms with E-state index in [0.717, 1.165) is 28.2 Å². The van der Waals surface area contributed by atoms with Gasteiger partial charge in [0, 0.05) is 19.7 Å². The van der Waals surface area contributed by atoms with Crippen LogP contribution in [0.1, 0.15) is 16.7 Å². The molecule has 3 aromatic carbocycles. The lowest BCUT2D eigenvalue weighted by Crippen LogP contribution is -2.07. The molecule has 3 aromatic rings. The Morgan fingerprint density at radius 1 is 1.04 bits per heavy atom. The second kappa shape index (κ2) is 10.3. The van der Waals surface area contributed by atoms with Gasteiger partial charge in [-0.3, -0.25) is 0 Å². The zero-order valence-corrected chi connectivity index (χ0v) is 18.3. The van der Waals surface area contributed by atoms with Gasteiger partial charge in [-0.05, 0) is 64.6 Å². The Bertz CT molecular complexity index is 946. The highest BCUT2D eigenvalue weighted by Crippen LogP contribution is 2.23. The Morgan fingerprint density at radius 3 is 2.61 bits per heavy atom. The SMILES string of the molecule is COc1ccccc1CN/N=C\c1cc(Cl)ccc1OCc1ccc(I)cc1. The number of nitrogens with one attached hydrogen (secondary N) is 1. The highest BCUT2D eigenvalue weighted by atomic mass is 127. The molecule has 0 aliphatic heterocycles. The van der Waals surface area contributed by atoms with E-state index in [0.29, 0.717) is 18.2 Å². The normalized spacial score (nSPS) is 10.8. The number of benzene rings is 3. The van der Waals surface area contributed by atoms with Crippen molar-refractivity contribution in [2.75, 3.05) is 7.11 Å². The average molecular weight is 507 g/mol. The summed E-state index contributed by atoms with van der Waals surface area (Å²) in [4.78, 5) is 0. The molecular formula is C22H20ClIN2O2. The first-order valence-electron chi connectivity index (χ1n) is 8.70. The molecule has 4 nitrogen and oxygen atoms in total. The Labute approximate surface area is 183 Å². The first kappa shape index (κ1) is 20.5. The topological polar surface area (TPSA) is 42.8 Å². The van der Waals surface area contributed by atoms with Crippen molar-refractivity contribution in [3.05, 3.63) is 92.0 Å². The second-order valence-electron chi connectivity index (χ2n) is 6.00. The molecule has 0 aliphatic rings. The molecule has 0 aromatic heterocycles. The predicted octanol–water partition coefficient (Wildman–Crippen LogP) is 5.66. The van der Waals surface area contributed by atoms with Crippen molar-refractivity contribution in [2.24, 2.45) is 5.10 Å². The second-order valence-corrected chi connectivity index (χ2v) is 7.68. The van der Waals surface area contributed by atoms with Gasteiger partial charge in [-0.25, -0.2) is 0 Å². The van der Waals surface area contributed by atoms with E-state index < -0.39 is 0 Å². The zero-order valence-electron chi connectivity index (χ0n) is 15.4. The molecule has 0 bridgehead atoms. The van der Waals surface area contributed by atoms with Gasteiger partial charge in [0.15, 0.2) is 0 Å². The van der Waals surface area contributed by atoms with Gasteiger partial charge >= 0.3 is 0 Å². The van der Waals surface area contributed by atoms with Crippen molar-refractivity contribution < 1.29 is 9.47 Å². The molecule has 0 atom stereocenters. The fraction of sp³-hybridized carbons (Fsp3) is 0.136. The van der Waals surface area contributed by atoms with Crippen LogP contribution in [-0.2, 0) is 13.2 Å². The molecule has 3 rings (SSSR count). The van der Waals surface area contributed by atoms with Crippen LogP contribution in [0.15, 0.2) is 71.8 Å². The molecule has 0 saturated heterocycles. The Hall–Kier alpha value is -2.25. The summed E-state index contributed by atoms with van der Waals surface area (Å²) < 4.78 is 12.5. The van der Waals surface area contributed by atoms with Gasteiger partial charge in [0.1, 0.15) is 18.1 Å². The maximum atomic E-state index is 6.14. The van der Waals surface area contributed by atoms with Crippen molar-refractivity contribution in [1.29, 1.82) is 0 Å². The first-order valence-corrected chi connectivity index (χ1v) is 10.2. The monoisotopic (exact) mass is 506 g/mol. The lowest BCUT2D eigenvalue weighted by atomic mass is 10.2. The number of rotatable bonds is 8. The Kier molecular flexibility index (Phi) is 7.56. The summed E-state index contributed by atoms with van der Waals surface area (Å²) in [6.07, 6.45) is 1.71. The van der Waals surface area contributed by atoms with E-state index in [1.54, 1.807) is 13.3 Å².